The zero-order valence-electron chi connectivity index (χ0n) is 25.4. The lowest BCUT2D eigenvalue weighted by molar-refractivity contribution is -0.155. The number of rotatable bonds is 12. The van der Waals surface area contributed by atoms with Gasteiger partial charge in [0.1, 0.15) is 5.41 Å². The maximum atomic E-state index is 13.8. The summed E-state index contributed by atoms with van der Waals surface area (Å²) in [5, 5.41) is 0. The summed E-state index contributed by atoms with van der Waals surface area (Å²) in [6.07, 6.45) is 2.08. The van der Waals surface area contributed by atoms with E-state index in [1.807, 2.05) is 6.07 Å². The van der Waals surface area contributed by atoms with Crippen molar-refractivity contribution in [3.8, 4) is 11.5 Å². The van der Waals surface area contributed by atoms with E-state index in [1.54, 1.807) is 20.3 Å². The van der Waals surface area contributed by atoms with Gasteiger partial charge in [0.25, 0.3) is 0 Å². The molecule has 8 nitrogen and oxygen atoms in total. The zero-order valence-corrected chi connectivity index (χ0v) is 26.4. The fourth-order valence-electron chi connectivity index (χ4n) is 7.62. The lowest BCUT2D eigenvalue weighted by atomic mass is 9.57. The minimum Gasteiger partial charge on any atom is -0.493 e. The average Bonchev–Trinajstić information content (AvgIpc) is 3.11. The van der Waals surface area contributed by atoms with Gasteiger partial charge in [-0.2, -0.15) is 0 Å². The van der Waals surface area contributed by atoms with Crippen LogP contribution in [0, 0.1) is 11.8 Å². The molecule has 1 aromatic rings. The van der Waals surface area contributed by atoms with Crippen LogP contribution in [0.25, 0.3) is 0 Å². The van der Waals surface area contributed by atoms with Crippen LogP contribution in [0.1, 0.15) is 71.9 Å². The minimum absolute atomic E-state index is 0.261. The normalized spacial score (nSPS) is 22.9. The van der Waals surface area contributed by atoms with Crippen molar-refractivity contribution >= 4 is 26.1 Å². The predicted octanol–water partition coefficient (Wildman–Crippen LogP) is 5.26. The summed E-state index contributed by atoms with van der Waals surface area (Å²) >= 11 is 0. The van der Waals surface area contributed by atoms with Crippen LogP contribution in [0.15, 0.2) is 12.1 Å². The Morgan fingerprint density at radius 3 is 2.03 bits per heavy atom. The second kappa shape index (κ2) is 12.0. The van der Waals surface area contributed by atoms with Gasteiger partial charge in [0.2, 0.25) is 11.8 Å². The van der Waals surface area contributed by atoms with Gasteiger partial charge in [-0.1, -0.05) is 41.5 Å². The number of imide groups is 1. The van der Waals surface area contributed by atoms with Crippen molar-refractivity contribution in [1.29, 1.82) is 0 Å². The largest absolute Gasteiger partial charge is 0.493 e. The van der Waals surface area contributed by atoms with Gasteiger partial charge in [-0.05, 0) is 65.6 Å². The second-order valence-electron chi connectivity index (χ2n) is 12.0. The Labute approximate surface area is 234 Å². The van der Waals surface area contributed by atoms with Crippen molar-refractivity contribution in [2.75, 3.05) is 35.0 Å². The summed E-state index contributed by atoms with van der Waals surface area (Å²) in [6.45, 7) is 14.2. The second-order valence-corrected chi connectivity index (χ2v) is 17.4. The third-order valence-corrected chi connectivity index (χ3v) is 15.4. The summed E-state index contributed by atoms with van der Waals surface area (Å²) in [5.74, 6) is -1.57. The highest BCUT2D eigenvalue weighted by Crippen LogP contribution is 2.54. The lowest BCUT2D eigenvalue weighted by Gasteiger charge is -2.43. The average molecular weight is 562 g/mol. The van der Waals surface area contributed by atoms with Crippen molar-refractivity contribution in [3.63, 3.8) is 0 Å². The highest BCUT2D eigenvalue weighted by Gasteiger charge is 2.63. The van der Waals surface area contributed by atoms with Crippen LogP contribution in [0.2, 0.25) is 16.6 Å². The first kappa shape index (κ1) is 31.1. The topological polar surface area (TPSA) is 91.4 Å². The summed E-state index contributed by atoms with van der Waals surface area (Å²) in [6, 6.07) is 3.62. The molecule has 3 rings (SSSR count). The van der Waals surface area contributed by atoms with E-state index >= 15 is 0 Å². The van der Waals surface area contributed by atoms with Crippen molar-refractivity contribution in [2.45, 2.75) is 89.3 Å². The molecular weight excluding hydrogens is 514 g/mol. The number of amides is 2. The van der Waals surface area contributed by atoms with E-state index in [0.29, 0.717) is 59.6 Å². The van der Waals surface area contributed by atoms with Crippen LogP contribution in [-0.4, -0.2) is 66.0 Å². The van der Waals surface area contributed by atoms with Gasteiger partial charge in [0, 0.05) is 13.7 Å². The number of ether oxygens (including phenoxy) is 3. The number of unbranched alkanes of at least 4 members (excludes halogenated alkanes) is 1. The van der Waals surface area contributed by atoms with Gasteiger partial charge >= 0.3 is 5.97 Å². The maximum absolute atomic E-state index is 13.8. The van der Waals surface area contributed by atoms with Crippen LogP contribution >= 0.6 is 0 Å². The van der Waals surface area contributed by atoms with Gasteiger partial charge < -0.3 is 18.6 Å². The zero-order chi connectivity index (χ0) is 29.3. The Morgan fingerprint density at radius 1 is 0.949 bits per heavy atom. The highest BCUT2D eigenvalue weighted by atomic mass is 28.4. The highest BCUT2D eigenvalue weighted by molar-refractivity contribution is 6.77. The van der Waals surface area contributed by atoms with E-state index in [-0.39, 0.29) is 11.8 Å². The fraction of sp³-hybridized carbons (Fsp3) is 0.700. The number of hydrogen-bond acceptors (Lipinski definition) is 7. The molecule has 218 valence electrons. The molecule has 9 heteroatoms. The first-order valence-electron chi connectivity index (χ1n) is 14.1. The Hall–Kier alpha value is -2.39. The van der Waals surface area contributed by atoms with E-state index in [9.17, 15) is 14.4 Å². The van der Waals surface area contributed by atoms with Crippen LogP contribution in [-0.2, 0) is 35.4 Å². The van der Waals surface area contributed by atoms with Crippen LogP contribution < -0.4 is 9.47 Å². The summed E-state index contributed by atoms with van der Waals surface area (Å²) in [4.78, 5) is 41.7. The number of nitrogens with zero attached hydrogens (tertiary/aromatic N) is 1. The molecule has 0 unspecified atom stereocenters. The predicted molar refractivity (Wildman–Crippen MR) is 153 cm³/mol. The molecule has 0 bridgehead atoms. The van der Waals surface area contributed by atoms with Crippen LogP contribution in [0.4, 0.5) is 0 Å². The third kappa shape index (κ3) is 5.01. The number of carbonyl (C=O) groups is 3. The van der Waals surface area contributed by atoms with E-state index in [4.69, 9.17) is 18.6 Å². The minimum atomic E-state index is -2.02. The molecule has 39 heavy (non-hydrogen) atoms. The molecule has 2 amide bonds. The number of hydrogen-bond donors (Lipinski definition) is 0. The molecule has 1 aliphatic heterocycles. The maximum Gasteiger partial charge on any atom is 0.317 e. The molecule has 3 atom stereocenters. The number of carbonyl (C=O) groups excluding carboxylic acids is 3. The van der Waals surface area contributed by atoms with E-state index in [2.05, 4.69) is 41.5 Å². The van der Waals surface area contributed by atoms with E-state index in [0.717, 1.165) is 12.0 Å². The molecule has 1 saturated heterocycles. The number of fused-ring (bicyclic) bond motifs is 2. The first-order valence-corrected chi connectivity index (χ1v) is 16.3. The SMILES string of the molecule is COC(=O)[C@]1(CCCCO[Si](C(C)C)(C(C)C)C(C)C)c2cc(OC)c(OC)cc2C[C@H]2C(=O)N(C)C(=O)[C@H]21. The number of benzene rings is 1. The molecule has 1 fully saturated rings. The van der Waals surface area contributed by atoms with Crippen molar-refractivity contribution in [2.24, 2.45) is 11.8 Å². The summed E-state index contributed by atoms with van der Waals surface area (Å²) < 4.78 is 23.3. The summed E-state index contributed by atoms with van der Waals surface area (Å²) in [5.41, 5.74) is 1.60. The standard InChI is InChI=1S/C30H47NO7Si/c1-18(2)39(19(3)4,20(5)6)38-14-12-11-13-30(29(34)37-10)23-17-25(36-9)24(35-8)16-21(23)15-22-26(30)28(33)31(7)27(22)32/h16-20,22,26H,11-15H2,1-10H3/t22-,26+,30-/m1/s1. The molecule has 0 N–H and O–H groups in total. The lowest BCUT2D eigenvalue weighted by Crippen LogP contribution is -2.52. The molecule has 1 heterocycles. The molecule has 1 aliphatic carbocycles. The Morgan fingerprint density at radius 2 is 1.51 bits per heavy atom. The molecule has 0 saturated carbocycles. The van der Waals surface area contributed by atoms with Crippen molar-refractivity contribution in [3.05, 3.63) is 23.3 Å². The van der Waals surface area contributed by atoms with Gasteiger partial charge in [-0.15, -0.1) is 0 Å². The smallest absolute Gasteiger partial charge is 0.317 e. The number of esters is 1. The molecule has 2 aliphatic rings. The number of methoxy groups -OCH3 is 3. The van der Waals surface area contributed by atoms with Gasteiger partial charge in [-0.3, -0.25) is 19.3 Å². The van der Waals surface area contributed by atoms with Crippen molar-refractivity contribution < 1.29 is 33.0 Å². The quantitative estimate of drug-likeness (QED) is 0.149. The molecule has 1 aromatic carbocycles. The molecular formula is C30H47NO7Si. The van der Waals surface area contributed by atoms with Crippen molar-refractivity contribution in [1.82, 2.24) is 4.90 Å². The van der Waals surface area contributed by atoms with Crippen LogP contribution in [0.3, 0.4) is 0 Å². The number of likely N-dealkylation sites (tertiary alicyclic amines) is 1. The Kier molecular flexibility index (Phi) is 9.58. The fourth-order valence-corrected chi connectivity index (χ4v) is 13.1. The first-order chi connectivity index (χ1) is 18.3. The van der Waals surface area contributed by atoms with E-state index < -0.39 is 31.5 Å². The molecule has 0 radical (unpaired) electrons. The molecule has 0 aromatic heterocycles. The Bertz CT molecular complexity index is 1060. The van der Waals surface area contributed by atoms with Gasteiger partial charge in [0.05, 0.1) is 33.2 Å². The van der Waals surface area contributed by atoms with E-state index in [1.165, 1.54) is 19.1 Å². The molecule has 0 spiro atoms. The van der Waals surface area contributed by atoms with Crippen LogP contribution in [0.5, 0.6) is 11.5 Å². The monoisotopic (exact) mass is 561 g/mol. The summed E-state index contributed by atoms with van der Waals surface area (Å²) in [7, 11) is 3.91. The Balaban J connectivity index is 2.02. The van der Waals surface area contributed by atoms with Gasteiger partial charge in [-0.25, -0.2) is 0 Å². The van der Waals surface area contributed by atoms with Gasteiger partial charge in [0.15, 0.2) is 19.8 Å². The third-order valence-electron chi connectivity index (χ3n) is 9.28.